The van der Waals surface area contributed by atoms with Crippen molar-refractivity contribution >= 4 is 33.4 Å². The van der Waals surface area contributed by atoms with Gasteiger partial charge in [0.1, 0.15) is 0 Å². The van der Waals surface area contributed by atoms with Crippen LogP contribution in [0.25, 0.3) is 0 Å². The highest BCUT2D eigenvalue weighted by molar-refractivity contribution is 9.10. The van der Waals surface area contributed by atoms with E-state index in [9.17, 15) is 4.79 Å². The van der Waals surface area contributed by atoms with Gasteiger partial charge in [-0.1, -0.05) is 11.6 Å². The minimum atomic E-state index is -0.0587. The van der Waals surface area contributed by atoms with Gasteiger partial charge in [0.25, 0.3) is 5.91 Å². The highest BCUT2D eigenvalue weighted by Crippen LogP contribution is 2.25. The van der Waals surface area contributed by atoms with Crippen LogP contribution in [0.5, 0.6) is 0 Å². The lowest BCUT2D eigenvalue weighted by Crippen LogP contribution is -2.33. The fourth-order valence-electron chi connectivity index (χ4n) is 1.78. The highest BCUT2D eigenvalue weighted by atomic mass is 79.9. The summed E-state index contributed by atoms with van der Waals surface area (Å²) >= 11 is 9.20. The molecule has 0 atom stereocenters. The molecule has 0 radical (unpaired) electrons. The maximum Gasteiger partial charge on any atom is 0.251 e. The van der Waals surface area contributed by atoms with Gasteiger partial charge in [-0.05, 0) is 54.0 Å². The molecule has 5 heteroatoms. The third kappa shape index (κ3) is 3.70. The first-order valence-electron chi connectivity index (χ1n) is 6.01. The van der Waals surface area contributed by atoms with Gasteiger partial charge in [0.05, 0.1) is 5.02 Å². The lowest BCUT2D eigenvalue weighted by Gasteiger charge is -2.15. The van der Waals surface area contributed by atoms with Crippen molar-refractivity contribution in [2.45, 2.75) is 18.9 Å². The van der Waals surface area contributed by atoms with Crippen molar-refractivity contribution < 1.29 is 4.79 Å². The summed E-state index contributed by atoms with van der Waals surface area (Å²) in [5.74, 6) is -0.0587. The third-order valence-electron chi connectivity index (χ3n) is 3.10. The highest BCUT2D eigenvalue weighted by Gasteiger charge is 2.25. The molecule has 2 rings (SSSR count). The van der Waals surface area contributed by atoms with Gasteiger partial charge in [-0.15, -0.1) is 0 Å². The molecular formula is C13H16BrClN2O. The van der Waals surface area contributed by atoms with Crippen molar-refractivity contribution in [3.63, 3.8) is 0 Å². The zero-order valence-corrected chi connectivity index (χ0v) is 12.6. The van der Waals surface area contributed by atoms with E-state index in [1.165, 1.54) is 12.8 Å². The molecule has 1 aliphatic carbocycles. The summed E-state index contributed by atoms with van der Waals surface area (Å²) < 4.78 is 0.743. The molecule has 0 spiro atoms. The van der Waals surface area contributed by atoms with Gasteiger partial charge in [0.15, 0.2) is 0 Å². The molecule has 0 aliphatic heterocycles. The van der Waals surface area contributed by atoms with E-state index in [2.05, 4.69) is 33.2 Å². The van der Waals surface area contributed by atoms with Crippen LogP contribution in [-0.2, 0) is 0 Å². The first kappa shape index (κ1) is 13.8. The third-order valence-corrected chi connectivity index (χ3v) is 4.32. The number of rotatable bonds is 5. The maximum atomic E-state index is 11.9. The van der Waals surface area contributed by atoms with Gasteiger partial charge < -0.3 is 10.2 Å². The number of carbonyl (C=O) groups excluding carboxylic acids is 1. The van der Waals surface area contributed by atoms with E-state index in [-0.39, 0.29) is 5.91 Å². The van der Waals surface area contributed by atoms with Gasteiger partial charge in [-0.3, -0.25) is 4.79 Å². The number of amides is 1. The van der Waals surface area contributed by atoms with Crippen LogP contribution in [0, 0.1) is 0 Å². The van der Waals surface area contributed by atoms with E-state index in [4.69, 9.17) is 11.6 Å². The van der Waals surface area contributed by atoms with Crippen molar-refractivity contribution in [3.05, 3.63) is 33.3 Å². The minimum absolute atomic E-state index is 0.0587. The predicted octanol–water partition coefficient (Wildman–Crippen LogP) is 2.93. The summed E-state index contributed by atoms with van der Waals surface area (Å²) in [5, 5.41) is 3.53. The second kappa shape index (κ2) is 6.04. The minimum Gasteiger partial charge on any atom is -0.351 e. The number of carbonyl (C=O) groups is 1. The number of hydrogen-bond donors (Lipinski definition) is 1. The Morgan fingerprint density at radius 3 is 2.89 bits per heavy atom. The number of halogens is 2. The Kier molecular flexibility index (Phi) is 4.65. The van der Waals surface area contributed by atoms with E-state index in [0.29, 0.717) is 17.1 Å². The fourth-order valence-corrected chi connectivity index (χ4v) is 2.28. The SMILES string of the molecule is CN(CCNC(=O)c1ccc(Cl)c(Br)c1)C1CC1. The number of nitrogens with zero attached hydrogens (tertiary/aromatic N) is 1. The van der Waals surface area contributed by atoms with E-state index in [1.54, 1.807) is 18.2 Å². The van der Waals surface area contributed by atoms with Gasteiger partial charge in [-0.2, -0.15) is 0 Å². The Hall–Kier alpha value is -0.580. The standard InChI is InChI=1S/C13H16BrClN2O/c1-17(10-3-4-10)7-6-16-13(18)9-2-5-12(15)11(14)8-9/h2,5,8,10H,3-4,6-7H2,1H3,(H,16,18). The summed E-state index contributed by atoms with van der Waals surface area (Å²) in [6.45, 7) is 1.57. The maximum absolute atomic E-state index is 11.9. The van der Waals surface area contributed by atoms with E-state index < -0.39 is 0 Å². The van der Waals surface area contributed by atoms with Crippen molar-refractivity contribution in [2.24, 2.45) is 0 Å². The number of hydrogen-bond acceptors (Lipinski definition) is 2. The predicted molar refractivity (Wildman–Crippen MR) is 77.1 cm³/mol. The molecule has 0 unspecified atom stereocenters. The van der Waals surface area contributed by atoms with E-state index in [1.807, 2.05) is 0 Å². The molecule has 1 amide bonds. The Morgan fingerprint density at radius 2 is 2.28 bits per heavy atom. The Morgan fingerprint density at radius 1 is 1.56 bits per heavy atom. The topological polar surface area (TPSA) is 32.3 Å². The quantitative estimate of drug-likeness (QED) is 0.900. The lowest BCUT2D eigenvalue weighted by molar-refractivity contribution is 0.0949. The smallest absolute Gasteiger partial charge is 0.251 e. The molecule has 1 fully saturated rings. The fraction of sp³-hybridized carbons (Fsp3) is 0.462. The van der Waals surface area contributed by atoms with Crippen molar-refractivity contribution in [1.29, 1.82) is 0 Å². The number of benzene rings is 1. The average molecular weight is 332 g/mol. The molecule has 1 aliphatic rings. The normalized spacial score (nSPS) is 14.9. The van der Waals surface area contributed by atoms with Crippen molar-refractivity contribution in [1.82, 2.24) is 10.2 Å². The van der Waals surface area contributed by atoms with Crippen LogP contribution in [-0.4, -0.2) is 37.0 Å². The monoisotopic (exact) mass is 330 g/mol. The van der Waals surface area contributed by atoms with E-state index >= 15 is 0 Å². The second-order valence-electron chi connectivity index (χ2n) is 4.60. The number of likely N-dealkylation sites (N-methyl/N-ethyl adjacent to an activating group) is 1. The Bertz CT molecular complexity index is 449. The summed E-state index contributed by atoms with van der Waals surface area (Å²) in [7, 11) is 2.10. The average Bonchev–Trinajstić information content (AvgIpc) is 3.16. The van der Waals surface area contributed by atoms with Gasteiger partial charge in [0, 0.05) is 29.2 Å². The van der Waals surface area contributed by atoms with Gasteiger partial charge >= 0.3 is 0 Å². The Labute approximate surface area is 121 Å². The molecule has 1 N–H and O–H groups in total. The molecule has 18 heavy (non-hydrogen) atoms. The molecule has 98 valence electrons. The van der Waals surface area contributed by atoms with Gasteiger partial charge in [-0.25, -0.2) is 0 Å². The van der Waals surface area contributed by atoms with Crippen LogP contribution in [0.4, 0.5) is 0 Å². The van der Waals surface area contributed by atoms with Gasteiger partial charge in [0.2, 0.25) is 0 Å². The molecule has 1 aromatic carbocycles. The van der Waals surface area contributed by atoms with Crippen molar-refractivity contribution in [2.75, 3.05) is 20.1 Å². The molecule has 1 saturated carbocycles. The number of nitrogens with one attached hydrogen (secondary N) is 1. The molecule has 0 saturated heterocycles. The van der Waals surface area contributed by atoms with Crippen LogP contribution in [0.2, 0.25) is 5.02 Å². The molecule has 0 bridgehead atoms. The lowest BCUT2D eigenvalue weighted by atomic mass is 10.2. The summed E-state index contributed by atoms with van der Waals surface area (Å²) in [6, 6.07) is 5.91. The summed E-state index contributed by atoms with van der Waals surface area (Å²) in [4.78, 5) is 14.2. The summed E-state index contributed by atoms with van der Waals surface area (Å²) in [5.41, 5.74) is 0.625. The van der Waals surface area contributed by atoms with Crippen LogP contribution in [0.3, 0.4) is 0 Å². The Balaban J connectivity index is 1.81. The van der Waals surface area contributed by atoms with Crippen LogP contribution >= 0.6 is 27.5 Å². The zero-order chi connectivity index (χ0) is 13.1. The first-order valence-corrected chi connectivity index (χ1v) is 7.18. The molecule has 0 heterocycles. The largest absolute Gasteiger partial charge is 0.351 e. The first-order chi connectivity index (χ1) is 8.58. The van der Waals surface area contributed by atoms with Crippen LogP contribution in [0.1, 0.15) is 23.2 Å². The van der Waals surface area contributed by atoms with Crippen LogP contribution < -0.4 is 5.32 Å². The second-order valence-corrected chi connectivity index (χ2v) is 5.86. The molecule has 0 aromatic heterocycles. The molecule has 1 aromatic rings. The van der Waals surface area contributed by atoms with Crippen molar-refractivity contribution in [3.8, 4) is 0 Å². The van der Waals surface area contributed by atoms with E-state index in [0.717, 1.165) is 17.1 Å². The molecular weight excluding hydrogens is 316 g/mol. The molecule has 3 nitrogen and oxygen atoms in total. The zero-order valence-electron chi connectivity index (χ0n) is 10.2. The summed E-state index contributed by atoms with van der Waals surface area (Å²) in [6.07, 6.45) is 2.57. The van der Waals surface area contributed by atoms with Crippen LogP contribution in [0.15, 0.2) is 22.7 Å².